The number of benzene rings is 1. The minimum absolute atomic E-state index is 0.0293. The maximum Gasteiger partial charge on any atom is 0.179 e. The van der Waals surface area contributed by atoms with Crippen LogP contribution in [0.25, 0.3) is 0 Å². The number of rotatable bonds is 3. The summed E-state index contributed by atoms with van der Waals surface area (Å²) in [6.07, 6.45) is 0. The summed E-state index contributed by atoms with van der Waals surface area (Å²) in [5.74, 6) is -0.0293. The third-order valence-corrected chi connectivity index (χ3v) is 4.00. The van der Waals surface area contributed by atoms with E-state index in [1.54, 1.807) is 12.1 Å². The molecule has 1 heterocycles. The Morgan fingerprint density at radius 2 is 2.18 bits per heavy atom. The second-order valence-electron chi connectivity index (χ2n) is 3.49. The first-order valence-electron chi connectivity index (χ1n) is 4.94. The lowest BCUT2D eigenvalue weighted by molar-refractivity contribution is 0.101. The van der Waals surface area contributed by atoms with Crippen LogP contribution in [0.5, 0.6) is 0 Å². The second kappa shape index (κ2) is 4.85. The van der Waals surface area contributed by atoms with Gasteiger partial charge in [-0.1, -0.05) is 23.1 Å². The molecule has 0 aliphatic rings. The van der Waals surface area contributed by atoms with Crippen LogP contribution in [0.1, 0.15) is 22.3 Å². The van der Waals surface area contributed by atoms with E-state index < -0.39 is 0 Å². The predicted octanol–water partition coefficient (Wildman–Crippen LogP) is 2.78. The van der Waals surface area contributed by atoms with Gasteiger partial charge in [0.1, 0.15) is 5.01 Å². The van der Waals surface area contributed by atoms with Crippen molar-refractivity contribution in [2.75, 3.05) is 5.73 Å². The molecule has 0 spiro atoms. The molecular weight excluding hydrogens is 254 g/mol. The van der Waals surface area contributed by atoms with Gasteiger partial charge in [0.2, 0.25) is 0 Å². The Bertz CT molecular complexity index is 566. The molecule has 0 amide bonds. The summed E-state index contributed by atoms with van der Waals surface area (Å²) < 4.78 is 0.863. The molecule has 0 fully saturated rings. The number of nitrogens with two attached hydrogens (primary N) is 1. The molecule has 0 bridgehead atoms. The van der Waals surface area contributed by atoms with E-state index in [4.69, 9.17) is 5.73 Å². The fraction of sp³-hybridized carbons (Fsp3) is 0.182. The number of aryl methyl sites for hydroxylation is 1. The number of hydrogen-bond acceptors (Lipinski definition) is 6. The minimum atomic E-state index is -0.0293. The molecule has 0 atom stereocenters. The molecule has 0 saturated heterocycles. The summed E-state index contributed by atoms with van der Waals surface area (Å²) in [5.41, 5.74) is 6.79. The van der Waals surface area contributed by atoms with Crippen molar-refractivity contribution in [3.8, 4) is 0 Å². The van der Waals surface area contributed by atoms with Gasteiger partial charge in [-0.25, -0.2) is 0 Å². The predicted molar refractivity (Wildman–Crippen MR) is 69.6 cm³/mol. The summed E-state index contributed by atoms with van der Waals surface area (Å²) in [6, 6.07) is 5.41. The maximum absolute atomic E-state index is 11.4. The van der Waals surface area contributed by atoms with Gasteiger partial charge in [-0.05, 0) is 32.0 Å². The lowest BCUT2D eigenvalue weighted by Gasteiger charge is -2.04. The van der Waals surface area contributed by atoms with E-state index in [2.05, 4.69) is 10.2 Å². The van der Waals surface area contributed by atoms with Crippen molar-refractivity contribution in [2.24, 2.45) is 0 Å². The second-order valence-corrected chi connectivity index (χ2v) is 6.00. The zero-order valence-electron chi connectivity index (χ0n) is 9.43. The molecule has 0 aliphatic carbocycles. The van der Waals surface area contributed by atoms with Crippen molar-refractivity contribution >= 4 is 34.6 Å². The normalized spacial score (nSPS) is 10.5. The average Bonchev–Trinajstić information content (AvgIpc) is 2.66. The Balaban J connectivity index is 2.28. The smallest absolute Gasteiger partial charge is 0.179 e. The fourth-order valence-electron chi connectivity index (χ4n) is 1.32. The standard InChI is InChI=1S/C11H11N3OS2/c1-6(15)9-5-8(3-4-10(9)12)17-11-14-13-7(2)16-11/h3-5H,12H2,1-2H3. The zero-order chi connectivity index (χ0) is 12.4. The number of ketones is 1. The molecule has 4 nitrogen and oxygen atoms in total. The van der Waals surface area contributed by atoms with Gasteiger partial charge in [0.25, 0.3) is 0 Å². The highest BCUT2D eigenvalue weighted by Crippen LogP contribution is 2.31. The number of aromatic nitrogens is 2. The molecule has 2 N–H and O–H groups in total. The van der Waals surface area contributed by atoms with Gasteiger partial charge in [0, 0.05) is 16.1 Å². The first kappa shape index (κ1) is 12.1. The third-order valence-electron chi connectivity index (χ3n) is 2.12. The van der Waals surface area contributed by atoms with E-state index in [9.17, 15) is 4.79 Å². The van der Waals surface area contributed by atoms with E-state index in [0.29, 0.717) is 11.3 Å². The lowest BCUT2D eigenvalue weighted by Crippen LogP contribution is -1.99. The SMILES string of the molecule is CC(=O)c1cc(Sc2nnc(C)s2)ccc1N. The average molecular weight is 265 g/mol. The highest BCUT2D eigenvalue weighted by Gasteiger charge is 2.08. The molecule has 6 heteroatoms. The van der Waals surface area contributed by atoms with Gasteiger partial charge in [-0.2, -0.15) is 0 Å². The van der Waals surface area contributed by atoms with E-state index in [0.717, 1.165) is 14.2 Å². The van der Waals surface area contributed by atoms with Crippen LogP contribution in [0.2, 0.25) is 0 Å². The molecule has 88 valence electrons. The topological polar surface area (TPSA) is 68.9 Å². The van der Waals surface area contributed by atoms with E-state index in [1.807, 2.05) is 13.0 Å². The summed E-state index contributed by atoms with van der Waals surface area (Å²) in [4.78, 5) is 12.3. The molecule has 0 saturated carbocycles. The van der Waals surface area contributed by atoms with E-state index >= 15 is 0 Å². The summed E-state index contributed by atoms with van der Waals surface area (Å²) in [5, 5.41) is 8.89. The monoisotopic (exact) mass is 265 g/mol. The van der Waals surface area contributed by atoms with Crippen molar-refractivity contribution in [3.63, 3.8) is 0 Å². The number of Topliss-reactive ketones (excluding diaryl/α,β-unsaturated/α-hetero) is 1. The Morgan fingerprint density at radius 3 is 2.76 bits per heavy atom. The van der Waals surface area contributed by atoms with Crippen LogP contribution in [0, 0.1) is 6.92 Å². The number of nitrogens with zero attached hydrogens (tertiary/aromatic N) is 2. The lowest BCUT2D eigenvalue weighted by atomic mass is 10.1. The van der Waals surface area contributed by atoms with Crippen LogP contribution < -0.4 is 5.73 Å². The molecule has 0 radical (unpaired) electrons. The molecule has 0 unspecified atom stereocenters. The number of hydrogen-bond donors (Lipinski definition) is 1. The van der Waals surface area contributed by atoms with Crippen LogP contribution in [0.4, 0.5) is 5.69 Å². The molecular formula is C11H11N3OS2. The molecule has 1 aromatic heterocycles. The molecule has 2 rings (SSSR count). The number of nitrogen functional groups attached to an aromatic ring is 1. The first-order valence-corrected chi connectivity index (χ1v) is 6.58. The number of carbonyl (C=O) groups is 1. The minimum Gasteiger partial charge on any atom is -0.398 e. The van der Waals surface area contributed by atoms with Gasteiger partial charge in [0.15, 0.2) is 10.1 Å². The van der Waals surface area contributed by atoms with E-state index in [1.165, 1.54) is 30.0 Å². The zero-order valence-corrected chi connectivity index (χ0v) is 11.1. The largest absolute Gasteiger partial charge is 0.398 e. The number of carbonyl (C=O) groups excluding carboxylic acids is 1. The molecule has 17 heavy (non-hydrogen) atoms. The fourth-order valence-corrected chi connectivity index (χ4v) is 3.15. The molecule has 2 aromatic rings. The molecule has 0 aliphatic heterocycles. The highest BCUT2D eigenvalue weighted by atomic mass is 32.2. The molecule has 1 aromatic carbocycles. The third kappa shape index (κ3) is 2.83. The van der Waals surface area contributed by atoms with Gasteiger partial charge in [0.05, 0.1) is 0 Å². The quantitative estimate of drug-likeness (QED) is 0.682. The summed E-state index contributed by atoms with van der Waals surface area (Å²) in [6.45, 7) is 3.42. The van der Waals surface area contributed by atoms with Gasteiger partial charge in [-0.3, -0.25) is 4.79 Å². The van der Waals surface area contributed by atoms with E-state index in [-0.39, 0.29) is 5.78 Å². The Morgan fingerprint density at radius 1 is 1.41 bits per heavy atom. The van der Waals surface area contributed by atoms with Crippen molar-refractivity contribution in [1.82, 2.24) is 10.2 Å². The maximum atomic E-state index is 11.4. The Hall–Kier alpha value is -1.40. The van der Waals surface area contributed by atoms with Crippen LogP contribution in [0.3, 0.4) is 0 Å². The highest BCUT2D eigenvalue weighted by molar-refractivity contribution is 8.01. The van der Waals surface area contributed by atoms with Crippen molar-refractivity contribution < 1.29 is 4.79 Å². The van der Waals surface area contributed by atoms with Crippen LogP contribution >= 0.6 is 23.1 Å². The summed E-state index contributed by atoms with van der Waals surface area (Å²) in [7, 11) is 0. The van der Waals surface area contributed by atoms with Crippen LogP contribution in [-0.4, -0.2) is 16.0 Å². The van der Waals surface area contributed by atoms with Crippen molar-refractivity contribution in [2.45, 2.75) is 23.1 Å². The van der Waals surface area contributed by atoms with Crippen LogP contribution in [0.15, 0.2) is 27.4 Å². The Kier molecular flexibility index (Phi) is 3.44. The summed E-state index contributed by atoms with van der Waals surface area (Å²) >= 11 is 3.01. The van der Waals surface area contributed by atoms with Gasteiger partial charge >= 0.3 is 0 Å². The Labute approximate surface area is 107 Å². The number of anilines is 1. The van der Waals surface area contributed by atoms with Gasteiger partial charge < -0.3 is 5.73 Å². The van der Waals surface area contributed by atoms with Crippen LogP contribution in [-0.2, 0) is 0 Å². The van der Waals surface area contributed by atoms with Crippen molar-refractivity contribution in [3.05, 3.63) is 28.8 Å². The van der Waals surface area contributed by atoms with Gasteiger partial charge in [-0.15, -0.1) is 10.2 Å². The van der Waals surface area contributed by atoms with Crippen molar-refractivity contribution in [1.29, 1.82) is 0 Å². The first-order chi connectivity index (χ1) is 8.06.